The van der Waals surface area contributed by atoms with Crippen LogP contribution in [0.2, 0.25) is 0 Å². The van der Waals surface area contributed by atoms with Crippen LogP contribution in [-0.2, 0) is 16.0 Å². The fraction of sp³-hybridized carbons (Fsp3) is 0.364. The lowest BCUT2D eigenvalue weighted by atomic mass is 9.90. The van der Waals surface area contributed by atoms with Gasteiger partial charge in [0.25, 0.3) is 0 Å². The van der Waals surface area contributed by atoms with E-state index < -0.39 is 0 Å². The number of carbonyl (C=O) groups is 2. The molecule has 1 aliphatic heterocycles. The number of anilines is 1. The lowest BCUT2D eigenvalue weighted by molar-refractivity contribution is -0.135. The van der Waals surface area contributed by atoms with E-state index in [0.717, 1.165) is 43.6 Å². The van der Waals surface area contributed by atoms with Crippen molar-refractivity contribution in [2.75, 3.05) is 18.4 Å². The summed E-state index contributed by atoms with van der Waals surface area (Å²) in [5.41, 5.74) is 3.12. The summed E-state index contributed by atoms with van der Waals surface area (Å²) < 4.78 is 0. The molecule has 0 saturated carbocycles. The SMILES string of the molecule is Cc1ccccc1NC(=O)CC(=O)N1CCC(Cc2ccccc2)CC1. The Morgan fingerprint density at radius 3 is 2.35 bits per heavy atom. The van der Waals surface area contributed by atoms with Crippen molar-refractivity contribution in [1.82, 2.24) is 4.90 Å². The van der Waals surface area contributed by atoms with E-state index in [-0.39, 0.29) is 18.2 Å². The first-order valence-corrected chi connectivity index (χ1v) is 9.29. The topological polar surface area (TPSA) is 49.4 Å². The molecular weight excluding hydrogens is 324 g/mol. The monoisotopic (exact) mass is 350 g/mol. The van der Waals surface area contributed by atoms with E-state index in [4.69, 9.17) is 0 Å². The van der Waals surface area contributed by atoms with E-state index in [9.17, 15) is 9.59 Å². The zero-order chi connectivity index (χ0) is 18.4. The number of likely N-dealkylation sites (tertiary alicyclic amines) is 1. The number of benzene rings is 2. The zero-order valence-electron chi connectivity index (χ0n) is 15.3. The smallest absolute Gasteiger partial charge is 0.233 e. The minimum absolute atomic E-state index is 0.0748. The maximum absolute atomic E-state index is 12.4. The molecule has 1 fully saturated rings. The Bertz CT molecular complexity index is 750. The van der Waals surface area contributed by atoms with Gasteiger partial charge in [0, 0.05) is 18.8 Å². The van der Waals surface area contributed by atoms with Gasteiger partial charge in [-0.05, 0) is 49.3 Å². The van der Waals surface area contributed by atoms with Crippen LogP contribution in [0.1, 0.15) is 30.4 Å². The van der Waals surface area contributed by atoms with Gasteiger partial charge in [-0.25, -0.2) is 0 Å². The summed E-state index contributed by atoms with van der Waals surface area (Å²) in [6.45, 7) is 3.43. The van der Waals surface area contributed by atoms with Crippen LogP contribution in [0.3, 0.4) is 0 Å². The summed E-state index contributed by atoms with van der Waals surface area (Å²) in [6, 6.07) is 18.1. The Kier molecular flexibility index (Phi) is 6.05. The summed E-state index contributed by atoms with van der Waals surface area (Å²) in [5.74, 6) is 0.298. The summed E-state index contributed by atoms with van der Waals surface area (Å²) in [5, 5.41) is 2.84. The number of aryl methyl sites for hydroxylation is 1. The third kappa shape index (κ3) is 4.94. The standard InChI is InChI=1S/C22H26N2O2/c1-17-7-5-6-10-20(17)23-21(25)16-22(26)24-13-11-19(12-14-24)15-18-8-3-2-4-9-18/h2-10,19H,11-16H2,1H3,(H,23,25). The molecule has 1 aliphatic rings. The van der Waals surface area contributed by atoms with Crippen LogP contribution < -0.4 is 5.32 Å². The van der Waals surface area contributed by atoms with Crippen LogP contribution >= 0.6 is 0 Å². The molecule has 1 saturated heterocycles. The number of rotatable bonds is 5. The third-order valence-corrected chi connectivity index (χ3v) is 5.07. The van der Waals surface area contributed by atoms with Gasteiger partial charge in [-0.2, -0.15) is 0 Å². The highest BCUT2D eigenvalue weighted by atomic mass is 16.2. The first-order valence-electron chi connectivity index (χ1n) is 9.29. The van der Waals surface area contributed by atoms with Crippen molar-refractivity contribution in [3.63, 3.8) is 0 Å². The average Bonchev–Trinajstić information content (AvgIpc) is 2.65. The molecule has 0 aromatic heterocycles. The van der Waals surface area contributed by atoms with E-state index in [1.165, 1.54) is 5.56 Å². The molecule has 26 heavy (non-hydrogen) atoms. The largest absolute Gasteiger partial charge is 0.342 e. The molecule has 0 atom stereocenters. The molecule has 1 heterocycles. The molecule has 0 unspecified atom stereocenters. The van der Waals surface area contributed by atoms with Crippen molar-refractivity contribution in [2.24, 2.45) is 5.92 Å². The number of hydrogen-bond acceptors (Lipinski definition) is 2. The highest BCUT2D eigenvalue weighted by molar-refractivity contribution is 6.03. The molecule has 4 heteroatoms. The van der Waals surface area contributed by atoms with E-state index in [1.807, 2.05) is 42.2 Å². The molecule has 3 rings (SSSR count). The Labute approximate surface area is 155 Å². The number of para-hydroxylation sites is 1. The van der Waals surface area contributed by atoms with Crippen molar-refractivity contribution < 1.29 is 9.59 Å². The van der Waals surface area contributed by atoms with E-state index in [1.54, 1.807) is 0 Å². The van der Waals surface area contributed by atoms with Crippen LogP contribution in [-0.4, -0.2) is 29.8 Å². The van der Waals surface area contributed by atoms with Gasteiger partial charge in [-0.15, -0.1) is 0 Å². The van der Waals surface area contributed by atoms with E-state index in [0.29, 0.717) is 5.92 Å². The number of piperidine rings is 1. The minimum atomic E-state index is -0.240. The molecule has 0 aliphatic carbocycles. The van der Waals surface area contributed by atoms with Gasteiger partial charge in [0.1, 0.15) is 6.42 Å². The van der Waals surface area contributed by atoms with Gasteiger partial charge in [-0.3, -0.25) is 9.59 Å². The summed E-state index contributed by atoms with van der Waals surface area (Å²) in [7, 11) is 0. The Balaban J connectivity index is 1.45. The van der Waals surface area contributed by atoms with Crippen molar-refractivity contribution in [3.8, 4) is 0 Å². The van der Waals surface area contributed by atoms with Gasteiger partial charge in [0.05, 0.1) is 0 Å². The minimum Gasteiger partial charge on any atom is -0.342 e. The summed E-state index contributed by atoms with van der Waals surface area (Å²) >= 11 is 0. The van der Waals surface area contributed by atoms with Crippen molar-refractivity contribution in [2.45, 2.75) is 32.6 Å². The molecule has 0 radical (unpaired) electrons. The normalized spacial score (nSPS) is 14.9. The van der Waals surface area contributed by atoms with Crippen LogP contribution in [0.25, 0.3) is 0 Å². The van der Waals surface area contributed by atoms with E-state index in [2.05, 4.69) is 29.6 Å². The number of carbonyl (C=O) groups excluding carboxylic acids is 2. The van der Waals surface area contributed by atoms with Gasteiger partial charge in [0.15, 0.2) is 0 Å². The van der Waals surface area contributed by atoms with Crippen LogP contribution in [0, 0.1) is 12.8 Å². The highest BCUT2D eigenvalue weighted by Gasteiger charge is 2.24. The van der Waals surface area contributed by atoms with Gasteiger partial charge in [0.2, 0.25) is 11.8 Å². The van der Waals surface area contributed by atoms with Crippen LogP contribution in [0.4, 0.5) is 5.69 Å². The van der Waals surface area contributed by atoms with Gasteiger partial charge < -0.3 is 10.2 Å². The Hall–Kier alpha value is -2.62. The van der Waals surface area contributed by atoms with E-state index >= 15 is 0 Å². The molecule has 0 spiro atoms. The predicted octanol–water partition coefficient (Wildman–Crippen LogP) is 3.80. The Morgan fingerprint density at radius 2 is 1.65 bits per heavy atom. The number of nitrogens with zero attached hydrogens (tertiary/aromatic N) is 1. The number of nitrogens with one attached hydrogen (secondary N) is 1. The van der Waals surface area contributed by atoms with Gasteiger partial charge >= 0.3 is 0 Å². The van der Waals surface area contributed by atoms with Crippen molar-refractivity contribution in [3.05, 3.63) is 65.7 Å². The fourth-order valence-electron chi connectivity index (χ4n) is 3.49. The van der Waals surface area contributed by atoms with Crippen LogP contribution in [0.5, 0.6) is 0 Å². The lowest BCUT2D eigenvalue weighted by Crippen LogP contribution is -2.40. The molecular formula is C22H26N2O2. The first kappa shape index (κ1) is 18.2. The molecule has 136 valence electrons. The molecule has 4 nitrogen and oxygen atoms in total. The molecule has 1 N–H and O–H groups in total. The first-order chi connectivity index (χ1) is 12.6. The highest BCUT2D eigenvalue weighted by Crippen LogP contribution is 2.22. The number of amides is 2. The predicted molar refractivity (Wildman–Crippen MR) is 104 cm³/mol. The summed E-state index contributed by atoms with van der Waals surface area (Å²) in [6.07, 6.45) is 2.98. The van der Waals surface area contributed by atoms with Gasteiger partial charge in [-0.1, -0.05) is 48.5 Å². The number of hydrogen-bond donors (Lipinski definition) is 1. The molecule has 2 aromatic rings. The Morgan fingerprint density at radius 1 is 1.00 bits per heavy atom. The van der Waals surface area contributed by atoms with Crippen molar-refractivity contribution >= 4 is 17.5 Å². The second kappa shape index (κ2) is 8.65. The zero-order valence-corrected chi connectivity index (χ0v) is 15.3. The molecule has 2 aromatic carbocycles. The second-order valence-electron chi connectivity index (χ2n) is 7.05. The molecule has 0 bridgehead atoms. The third-order valence-electron chi connectivity index (χ3n) is 5.07. The second-order valence-corrected chi connectivity index (χ2v) is 7.05. The van der Waals surface area contributed by atoms with Crippen molar-refractivity contribution in [1.29, 1.82) is 0 Å². The van der Waals surface area contributed by atoms with Crippen LogP contribution in [0.15, 0.2) is 54.6 Å². The molecule has 2 amide bonds. The fourth-order valence-corrected chi connectivity index (χ4v) is 3.49. The maximum Gasteiger partial charge on any atom is 0.233 e. The average molecular weight is 350 g/mol. The summed E-state index contributed by atoms with van der Waals surface area (Å²) in [4.78, 5) is 26.4. The maximum atomic E-state index is 12.4. The lowest BCUT2D eigenvalue weighted by Gasteiger charge is -2.32. The quantitative estimate of drug-likeness (QED) is 0.834.